The molecule has 3 rings (SSSR count). The molecule has 3 aromatic rings. The van der Waals surface area contributed by atoms with Gasteiger partial charge in [-0.3, -0.25) is 4.79 Å². The van der Waals surface area contributed by atoms with Crippen molar-refractivity contribution in [3.63, 3.8) is 0 Å². The van der Waals surface area contributed by atoms with E-state index in [0.29, 0.717) is 23.7 Å². The zero-order valence-corrected chi connectivity index (χ0v) is 16.3. The first kappa shape index (κ1) is 21.1. The summed E-state index contributed by atoms with van der Waals surface area (Å²) in [4.78, 5) is 20.6. The highest BCUT2D eigenvalue weighted by Gasteiger charge is 2.34. The third-order valence-electron chi connectivity index (χ3n) is 4.00. The number of methoxy groups -OCH3 is 1. The molecule has 9 heteroatoms. The van der Waals surface area contributed by atoms with Crippen LogP contribution in [0.1, 0.15) is 5.56 Å². The maximum atomic E-state index is 13.5. The number of para-hydroxylation sites is 1. The van der Waals surface area contributed by atoms with Crippen LogP contribution in [0.2, 0.25) is 0 Å². The second kappa shape index (κ2) is 9.23. The van der Waals surface area contributed by atoms with E-state index in [4.69, 9.17) is 4.74 Å². The topological polar surface area (TPSA) is 64.1 Å². The van der Waals surface area contributed by atoms with E-state index in [0.717, 1.165) is 17.8 Å². The quantitative estimate of drug-likeness (QED) is 0.352. The molecule has 5 nitrogen and oxygen atoms in total. The first-order chi connectivity index (χ1) is 13.9. The number of amides is 1. The molecule has 0 radical (unpaired) electrons. The predicted molar refractivity (Wildman–Crippen MR) is 106 cm³/mol. The van der Waals surface area contributed by atoms with Crippen molar-refractivity contribution in [3.05, 3.63) is 54.1 Å². The van der Waals surface area contributed by atoms with Crippen molar-refractivity contribution in [3.8, 4) is 11.4 Å². The summed E-state index contributed by atoms with van der Waals surface area (Å²) in [5.74, 6) is -0.0653. The van der Waals surface area contributed by atoms with Gasteiger partial charge in [0.1, 0.15) is 5.03 Å². The van der Waals surface area contributed by atoms with Gasteiger partial charge in [0.2, 0.25) is 5.91 Å². The lowest BCUT2D eigenvalue weighted by molar-refractivity contribution is -0.136. The van der Waals surface area contributed by atoms with E-state index in [9.17, 15) is 18.0 Å². The number of rotatable bonds is 7. The molecule has 0 bridgehead atoms. The molecule has 1 N–H and O–H groups in total. The molecule has 0 aliphatic rings. The van der Waals surface area contributed by atoms with Crippen molar-refractivity contribution in [2.45, 2.75) is 11.2 Å². The van der Waals surface area contributed by atoms with Crippen molar-refractivity contribution in [2.24, 2.45) is 0 Å². The largest absolute Gasteiger partial charge is 0.418 e. The zero-order chi connectivity index (χ0) is 20.9. The molecule has 2 aromatic carbocycles. The Hall–Kier alpha value is -2.65. The Morgan fingerprint density at radius 3 is 2.55 bits per heavy atom. The molecule has 1 amide bonds. The third-order valence-corrected chi connectivity index (χ3v) is 4.99. The van der Waals surface area contributed by atoms with E-state index >= 15 is 0 Å². The molecule has 29 heavy (non-hydrogen) atoms. The maximum absolute atomic E-state index is 13.5. The molecule has 1 aromatic heterocycles. The Labute approximate surface area is 169 Å². The SMILES string of the molecule is COCCNC(=O)CSc1nc(-c2ccccc2)nc2c(C(F)(F)F)cccc12. The summed E-state index contributed by atoms with van der Waals surface area (Å²) in [6.07, 6.45) is -4.55. The Kier molecular flexibility index (Phi) is 6.71. The van der Waals surface area contributed by atoms with E-state index in [2.05, 4.69) is 15.3 Å². The summed E-state index contributed by atoms with van der Waals surface area (Å²) in [5.41, 5.74) is -0.421. The van der Waals surface area contributed by atoms with Crippen LogP contribution in [0, 0.1) is 0 Å². The van der Waals surface area contributed by atoms with Crippen molar-refractivity contribution in [1.29, 1.82) is 0 Å². The van der Waals surface area contributed by atoms with Crippen LogP contribution >= 0.6 is 11.8 Å². The van der Waals surface area contributed by atoms with Crippen LogP contribution in [-0.2, 0) is 15.7 Å². The van der Waals surface area contributed by atoms with Gasteiger partial charge in [-0.2, -0.15) is 13.2 Å². The number of nitrogens with one attached hydrogen (secondary N) is 1. The van der Waals surface area contributed by atoms with Crippen LogP contribution in [0.3, 0.4) is 0 Å². The molecule has 0 unspecified atom stereocenters. The Balaban J connectivity index is 2.02. The number of carbonyl (C=O) groups is 1. The monoisotopic (exact) mass is 421 g/mol. The molecule has 0 fully saturated rings. The molecule has 0 aliphatic carbocycles. The number of alkyl halides is 3. The third kappa shape index (κ3) is 5.24. The first-order valence-electron chi connectivity index (χ1n) is 8.72. The van der Waals surface area contributed by atoms with Crippen molar-refractivity contribution in [1.82, 2.24) is 15.3 Å². The van der Waals surface area contributed by atoms with Crippen molar-refractivity contribution < 1.29 is 22.7 Å². The second-order valence-electron chi connectivity index (χ2n) is 6.05. The molecule has 152 valence electrons. The summed E-state index contributed by atoms with van der Waals surface area (Å²) >= 11 is 1.07. The highest BCUT2D eigenvalue weighted by atomic mass is 32.2. The van der Waals surface area contributed by atoms with E-state index in [1.54, 1.807) is 30.3 Å². The molecule has 0 spiro atoms. The second-order valence-corrected chi connectivity index (χ2v) is 7.01. The summed E-state index contributed by atoms with van der Waals surface area (Å²) in [6.45, 7) is 0.730. The first-order valence-corrected chi connectivity index (χ1v) is 9.70. The summed E-state index contributed by atoms with van der Waals surface area (Å²) in [7, 11) is 1.53. The number of hydrogen-bond acceptors (Lipinski definition) is 5. The molecular weight excluding hydrogens is 403 g/mol. The van der Waals surface area contributed by atoms with E-state index in [1.165, 1.54) is 19.2 Å². The van der Waals surface area contributed by atoms with Gasteiger partial charge in [-0.25, -0.2) is 9.97 Å². The van der Waals surface area contributed by atoms with Gasteiger partial charge >= 0.3 is 6.18 Å². The molecule has 0 saturated heterocycles. The molecule has 0 aliphatic heterocycles. The number of fused-ring (bicyclic) bond motifs is 1. The minimum absolute atomic E-state index is 0.0142. The lowest BCUT2D eigenvalue weighted by Crippen LogP contribution is -2.28. The smallest absolute Gasteiger partial charge is 0.383 e. The number of thioether (sulfide) groups is 1. The van der Waals surface area contributed by atoms with Gasteiger partial charge < -0.3 is 10.1 Å². The number of aromatic nitrogens is 2. The number of benzene rings is 2. The van der Waals surface area contributed by atoms with E-state index in [-0.39, 0.29) is 28.4 Å². The number of halogens is 3. The summed E-state index contributed by atoms with van der Waals surface area (Å²) in [6, 6.07) is 12.6. The number of carbonyl (C=O) groups excluding carboxylic acids is 1. The van der Waals surface area contributed by atoms with Gasteiger partial charge in [0, 0.05) is 24.6 Å². The number of nitrogens with zero attached hydrogens (tertiary/aromatic N) is 2. The van der Waals surface area contributed by atoms with Crippen LogP contribution in [-0.4, -0.2) is 41.9 Å². The standard InChI is InChI=1S/C20H18F3N3O2S/c1-28-11-10-24-16(27)12-29-19-14-8-5-9-15(20(21,22)23)17(14)25-18(26-19)13-6-3-2-4-7-13/h2-9H,10-12H2,1H3,(H,24,27). The van der Waals surface area contributed by atoms with Gasteiger partial charge in [-0.15, -0.1) is 0 Å². The molecular formula is C20H18F3N3O2S. The van der Waals surface area contributed by atoms with Crippen LogP contribution in [0.15, 0.2) is 53.6 Å². The van der Waals surface area contributed by atoms with Crippen LogP contribution in [0.4, 0.5) is 13.2 Å². The number of ether oxygens (including phenoxy) is 1. The molecule has 1 heterocycles. The minimum atomic E-state index is -4.55. The van der Waals surface area contributed by atoms with Crippen molar-refractivity contribution >= 4 is 28.6 Å². The molecule has 0 saturated carbocycles. The molecule has 0 atom stereocenters. The van der Waals surface area contributed by atoms with E-state index in [1.807, 2.05) is 0 Å². The van der Waals surface area contributed by atoms with Gasteiger partial charge in [-0.05, 0) is 6.07 Å². The number of hydrogen-bond donors (Lipinski definition) is 1. The Morgan fingerprint density at radius 2 is 1.86 bits per heavy atom. The summed E-state index contributed by atoms with van der Waals surface area (Å²) in [5, 5.41) is 3.26. The van der Waals surface area contributed by atoms with Gasteiger partial charge in [0.05, 0.1) is 23.4 Å². The fourth-order valence-electron chi connectivity index (χ4n) is 2.66. The normalized spacial score (nSPS) is 11.6. The van der Waals surface area contributed by atoms with Gasteiger partial charge in [0.25, 0.3) is 0 Å². The fourth-order valence-corrected chi connectivity index (χ4v) is 3.50. The lowest BCUT2D eigenvalue weighted by atomic mass is 10.1. The average Bonchev–Trinajstić information content (AvgIpc) is 2.71. The Bertz CT molecular complexity index is 997. The highest BCUT2D eigenvalue weighted by molar-refractivity contribution is 8.00. The zero-order valence-electron chi connectivity index (χ0n) is 15.5. The lowest BCUT2D eigenvalue weighted by Gasteiger charge is -2.13. The van der Waals surface area contributed by atoms with Crippen LogP contribution < -0.4 is 5.32 Å². The highest BCUT2D eigenvalue weighted by Crippen LogP contribution is 2.37. The summed E-state index contributed by atoms with van der Waals surface area (Å²) < 4.78 is 45.5. The minimum Gasteiger partial charge on any atom is -0.383 e. The average molecular weight is 421 g/mol. The maximum Gasteiger partial charge on any atom is 0.418 e. The van der Waals surface area contributed by atoms with E-state index < -0.39 is 11.7 Å². The predicted octanol–water partition coefficient (Wildman–Crippen LogP) is 4.17. The van der Waals surface area contributed by atoms with Gasteiger partial charge in [-0.1, -0.05) is 54.2 Å². The van der Waals surface area contributed by atoms with Gasteiger partial charge in [0.15, 0.2) is 5.82 Å². The fraction of sp³-hybridized carbons (Fsp3) is 0.250. The van der Waals surface area contributed by atoms with Crippen molar-refractivity contribution in [2.75, 3.05) is 26.0 Å². The van der Waals surface area contributed by atoms with Crippen LogP contribution in [0.25, 0.3) is 22.3 Å². The Morgan fingerprint density at radius 1 is 1.10 bits per heavy atom. The van der Waals surface area contributed by atoms with Crippen LogP contribution in [0.5, 0.6) is 0 Å².